The van der Waals surface area contributed by atoms with Crippen molar-refractivity contribution in [1.29, 1.82) is 0 Å². The molecule has 0 saturated carbocycles. The van der Waals surface area contributed by atoms with Crippen LogP contribution in [0.3, 0.4) is 0 Å². The average Bonchev–Trinajstić information content (AvgIpc) is 2.54. The monoisotopic (exact) mass is 283 g/mol. The van der Waals surface area contributed by atoms with Crippen LogP contribution in [0.1, 0.15) is 6.92 Å². The molecule has 0 unspecified atom stereocenters. The number of nitrogens with one attached hydrogen (secondary N) is 1. The lowest BCUT2D eigenvalue weighted by molar-refractivity contribution is 0.417. The Morgan fingerprint density at radius 3 is 2.38 bits per heavy atom. The van der Waals surface area contributed by atoms with Crippen LogP contribution in [0.25, 0.3) is 0 Å². The number of hydrogen-bond acceptors (Lipinski definition) is 3. The minimum atomic E-state index is 0.827. The maximum atomic E-state index is 5.34. The van der Waals surface area contributed by atoms with Gasteiger partial charge in [0.05, 0.1) is 18.6 Å². The molecule has 0 aliphatic rings. The van der Waals surface area contributed by atoms with Crippen LogP contribution < -0.4 is 15.0 Å². The summed E-state index contributed by atoms with van der Waals surface area (Å²) in [5.74, 6) is 1.80. The number of ether oxygens (including phenoxy) is 1. The van der Waals surface area contributed by atoms with Crippen LogP contribution in [-0.4, -0.2) is 27.0 Å². The normalized spacial score (nSPS) is 11.1. The predicted octanol–water partition coefficient (Wildman–Crippen LogP) is 3.92. The first kappa shape index (κ1) is 14.9. The van der Waals surface area contributed by atoms with Gasteiger partial charge in [0.15, 0.2) is 0 Å². The molecular weight excluding hydrogens is 262 g/mol. The van der Waals surface area contributed by atoms with Gasteiger partial charge in [0.25, 0.3) is 0 Å². The second-order valence-corrected chi connectivity index (χ2v) is 4.70. The van der Waals surface area contributed by atoms with Crippen molar-refractivity contribution in [2.75, 3.05) is 31.4 Å². The van der Waals surface area contributed by atoms with Gasteiger partial charge in [-0.2, -0.15) is 0 Å². The van der Waals surface area contributed by atoms with E-state index in [0.717, 1.165) is 28.6 Å². The van der Waals surface area contributed by atoms with Crippen molar-refractivity contribution in [1.82, 2.24) is 0 Å². The second kappa shape index (κ2) is 6.79. The summed E-state index contributed by atoms with van der Waals surface area (Å²) in [6.45, 7) is 1.99. The highest BCUT2D eigenvalue weighted by Crippen LogP contribution is 2.27. The standard InChI is InChI=1S/C17H21N3O/c1-13(18-2)20(3)15-11-9-14(10-12-15)19-16-7-5-6-8-17(16)21-4/h5-12,19H,1-4H3. The fourth-order valence-electron chi connectivity index (χ4n) is 2.01. The minimum Gasteiger partial charge on any atom is -0.495 e. The van der Waals surface area contributed by atoms with E-state index in [0.29, 0.717) is 0 Å². The van der Waals surface area contributed by atoms with E-state index in [4.69, 9.17) is 4.74 Å². The molecule has 0 heterocycles. The predicted molar refractivity (Wildman–Crippen MR) is 90.2 cm³/mol. The van der Waals surface area contributed by atoms with Gasteiger partial charge in [0, 0.05) is 25.5 Å². The summed E-state index contributed by atoms with van der Waals surface area (Å²) in [6.07, 6.45) is 0. The molecule has 0 radical (unpaired) electrons. The number of aliphatic imine (C=N–C) groups is 1. The molecule has 2 aromatic carbocycles. The minimum absolute atomic E-state index is 0.827. The van der Waals surface area contributed by atoms with Crippen molar-refractivity contribution in [3.63, 3.8) is 0 Å². The van der Waals surface area contributed by atoms with Crippen LogP contribution in [0.5, 0.6) is 5.75 Å². The molecule has 2 aromatic rings. The quantitative estimate of drug-likeness (QED) is 0.682. The molecule has 2 rings (SSSR count). The van der Waals surface area contributed by atoms with Crippen molar-refractivity contribution >= 4 is 22.9 Å². The van der Waals surface area contributed by atoms with Crippen molar-refractivity contribution in [2.45, 2.75) is 6.92 Å². The van der Waals surface area contributed by atoms with Crippen LogP contribution >= 0.6 is 0 Å². The summed E-state index contributed by atoms with van der Waals surface area (Å²) in [7, 11) is 5.47. The zero-order valence-electron chi connectivity index (χ0n) is 12.9. The van der Waals surface area contributed by atoms with E-state index in [-0.39, 0.29) is 0 Å². The van der Waals surface area contributed by atoms with Gasteiger partial charge in [-0.3, -0.25) is 4.99 Å². The summed E-state index contributed by atoms with van der Waals surface area (Å²) in [5, 5.41) is 3.36. The number of benzene rings is 2. The molecule has 4 heteroatoms. The van der Waals surface area contributed by atoms with Gasteiger partial charge in [0.1, 0.15) is 5.75 Å². The number of methoxy groups -OCH3 is 1. The molecule has 0 aliphatic carbocycles. The van der Waals surface area contributed by atoms with Crippen LogP contribution in [-0.2, 0) is 0 Å². The van der Waals surface area contributed by atoms with Crippen molar-refractivity contribution in [3.05, 3.63) is 48.5 Å². The second-order valence-electron chi connectivity index (χ2n) is 4.70. The van der Waals surface area contributed by atoms with Gasteiger partial charge in [-0.05, 0) is 43.3 Å². The van der Waals surface area contributed by atoms with E-state index in [1.807, 2.05) is 55.3 Å². The Bertz CT molecular complexity index is 620. The topological polar surface area (TPSA) is 36.9 Å². The molecule has 110 valence electrons. The highest BCUT2D eigenvalue weighted by Gasteiger charge is 2.05. The Balaban J connectivity index is 2.16. The highest BCUT2D eigenvalue weighted by atomic mass is 16.5. The Hall–Kier alpha value is -2.49. The molecule has 1 N–H and O–H groups in total. The van der Waals surface area contributed by atoms with E-state index >= 15 is 0 Å². The fourth-order valence-corrected chi connectivity index (χ4v) is 2.01. The maximum Gasteiger partial charge on any atom is 0.142 e. The Morgan fingerprint density at radius 2 is 1.76 bits per heavy atom. The SMILES string of the molecule is CN=C(C)N(C)c1ccc(Nc2ccccc2OC)cc1. The zero-order chi connectivity index (χ0) is 15.2. The Morgan fingerprint density at radius 1 is 1.10 bits per heavy atom. The van der Waals surface area contributed by atoms with Crippen molar-refractivity contribution in [3.8, 4) is 5.75 Å². The molecule has 0 bridgehead atoms. The molecule has 0 atom stereocenters. The number of para-hydroxylation sites is 2. The van der Waals surface area contributed by atoms with Crippen molar-refractivity contribution in [2.24, 2.45) is 4.99 Å². The van der Waals surface area contributed by atoms with E-state index in [2.05, 4.69) is 22.4 Å². The first-order valence-electron chi connectivity index (χ1n) is 6.83. The molecule has 0 fully saturated rings. The number of hydrogen-bond donors (Lipinski definition) is 1. The Kier molecular flexibility index (Phi) is 4.82. The lowest BCUT2D eigenvalue weighted by Crippen LogP contribution is -2.23. The van der Waals surface area contributed by atoms with Gasteiger partial charge in [-0.1, -0.05) is 12.1 Å². The third kappa shape index (κ3) is 3.54. The van der Waals surface area contributed by atoms with E-state index < -0.39 is 0 Å². The van der Waals surface area contributed by atoms with Crippen molar-refractivity contribution < 1.29 is 4.74 Å². The molecule has 0 amide bonds. The van der Waals surface area contributed by atoms with Gasteiger partial charge in [-0.25, -0.2) is 0 Å². The number of amidine groups is 1. The van der Waals surface area contributed by atoms with Crippen LogP contribution in [0.2, 0.25) is 0 Å². The van der Waals surface area contributed by atoms with Crippen LogP contribution in [0, 0.1) is 0 Å². The third-order valence-electron chi connectivity index (χ3n) is 3.45. The van der Waals surface area contributed by atoms with Crippen LogP contribution in [0.15, 0.2) is 53.5 Å². The largest absolute Gasteiger partial charge is 0.495 e. The molecule has 0 saturated heterocycles. The summed E-state index contributed by atoms with van der Waals surface area (Å²) in [5.41, 5.74) is 3.07. The number of nitrogens with zero attached hydrogens (tertiary/aromatic N) is 2. The molecule has 0 spiro atoms. The first-order chi connectivity index (χ1) is 10.2. The maximum absolute atomic E-state index is 5.34. The summed E-state index contributed by atoms with van der Waals surface area (Å²) >= 11 is 0. The zero-order valence-corrected chi connectivity index (χ0v) is 12.9. The molecule has 0 aromatic heterocycles. The molecule has 4 nitrogen and oxygen atoms in total. The van der Waals surface area contributed by atoms with E-state index in [9.17, 15) is 0 Å². The van der Waals surface area contributed by atoms with Gasteiger partial charge < -0.3 is 15.0 Å². The van der Waals surface area contributed by atoms with E-state index in [1.165, 1.54) is 0 Å². The van der Waals surface area contributed by atoms with Gasteiger partial charge >= 0.3 is 0 Å². The van der Waals surface area contributed by atoms with Crippen LogP contribution in [0.4, 0.5) is 17.1 Å². The fraction of sp³-hybridized carbons (Fsp3) is 0.235. The molecule has 21 heavy (non-hydrogen) atoms. The highest BCUT2D eigenvalue weighted by molar-refractivity contribution is 5.95. The smallest absolute Gasteiger partial charge is 0.142 e. The van der Waals surface area contributed by atoms with Gasteiger partial charge in [-0.15, -0.1) is 0 Å². The molecule has 0 aliphatic heterocycles. The third-order valence-corrected chi connectivity index (χ3v) is 3.45. The lowest BCUT2D eigenvalue weighted by atomic mass is 10.2. The molecular formula is C17H21N3O. The van der Waals surface area contributed by atoms with E-state index in [1.54, 1.807) is 14.2 Å². The summed E-state index contributed by atoms with van der Waals surface area (Å²) < 4.78 is 5.34. The lowest BCUT2D eigenvalue weighted by Gasteiger charge is -2.19. The number of rotatable bonds is 4. The van der Waals surface area contributed by atoms with Gasteiger partial charge in [0.2, 0.25) is 0 Å². The summed E-state index contributed by atoms with van der Waals surface area (Å²) in [4.78, 5) is 6.24. The average molecular weight is 283 g/mol. The first-order valence-corrected chi connectivity index (χ1v) is 6.83. The Labute approximate surface area is 126 Å². The summed E-state index contributed by atoms with van der Waals surface area (Å²) in [6, 6.07) is 16.1. The number of anilines is 3.